The fourth-order valence-corrected chi connectivity index (χ4v) is 2.36. The lowest BCUT2D eigenvalue weighted by Gasteiger charge is -2.18. The van der Waals surface area contributed by atoms with Crippen LogP contribution in [0.1, 0.15) is 0 Å². The van der Waals surface area contributed by atoms with Gasteiger partial charge in [0.15, 0.2) is 11.5 Å². The standard InChI is InChI=1S/C13H10ClN7O/c14-6-10-17-18-13-16-11-9(12(22)21(13)19-10)7-15-20(11)8-4-2-1-3-5-8/h1-5,7H,6H2,(H,16,18)(H,17,19). The molecule has 0 spiro atoms. The molecular formula is C13H10ClN7O. The lowest BCUT2D eigenvalue weighted by molar-refractivity contribution is 0.850. The number of anilines is 1. The van der Waals surface area contributed by atoms with Gasteiger partial charge in [-0.15, -0.1) is 11.6 Å². The highest BCUT2D eigenvalue weighted by Crippen LogP contribution is 2.16. The van der Waals surface area contributed by atoms with Crippen molar-refractivity contribution in [1.29, 1.82) is 0 Å². The lowest BCUT2D eigenvalue weighted by Crippen LogP contribution is -2.39. The van der Waals surface area contributed by atoms with Gasteiger partial charge in [-0.2, -0.15) is 19.9 Å². The number of amidine groups is 1. The second-order valence-corrected chi connectivity index (χ2v) is 4.89. The van der Waals surface area contributed by atoms with Crippen molar-refractivity contribution >= 4 is 34.4 Å². The molecule has 0 amide bonds. The third kappa shape index (κ3) is 1.85. The molecule has 1 aliphatic heterocycles. The molecule has 4 rings (SSSR count). The summed E-state index contributed by atoms with van der Waals surface area (Å²) in [6, 6.07) is 9.48. The average Bonchev–Trinajstić information content (AvgIpc) is 3.00. The zero-order valence-corrected chi connectivity index (χ0v) is 11.9. The molecule has 1 aromatic carbocycles. The third-order valence-electron chi connectivity index (χ3n) is 3.26. The zero-order valence-electron chi connectivity index (χ0n) is 11.2. The monoisotopic (exact) mass is 315 g/mol. The first-order valence-corrected chi connectivity index (χ1v) is 7.03. The third-order valence-corrected chi connectivity index (χ3v) is 3.51. The number of alkyl halides is 1. The molecule has 0 saturated heterocycles. The van der Waals surface area contributed by atoms with Crippen LogP contribution in [0.25, 0.3) is 16.7 Å². The molecule has 0 bridgehead atoms. The van der Waals surface area contributed by atoms with Gasteiger partial charge in [-0.1, -0.05) is 18.2 Å². The van der Waals surface area contributed by atoms with Crippen LogP contribution in [0.4, 0.5) is 5.95 Å². The van der Waals surface area contributed by atoms with Gasteiger partial charge in [0.05, 0.1) is 17.8 Å². The molecule has 0 unspecified atom stereocenters. The molecule has 3 heterocycles. The lowest BCUT2D eigenvalue weighted by atomic mass is 10.3. The summed E-state index contributed by atoms with van der Waals surface area (Å²) in [5.41, 5.74) is 6.54. The van der Waals surface area contributed by atoms with Crippen molar-refractivity contribution < 1.29 is 0 Å². The van der Waals surface area contributed by atoms with Crippen molar-refractivity contribution in [3.63, 3.8) is 0 Å². The molecule has 3 aromatic rings. The van der Waals surface area contributed by atoms with Gasteiger partial charge >= 0.3 is 0 Å². The van der Waals surface area contributed by atoms with Crippen LogP contribution in [0, 0.1) is 0 Å². The first-order chi connectivity index (χ1) is 10.8. The van der Waals surface area contributed by atoms with Crippen LogP contribution in [0.5, 0.6) is 0 Å². The molecule has 8 nitrogen and oxygen atoms in total. The van der Waals surface area contributed by atoms with E-state index in [1.54, 1.807) is 4.68 Å². The van der Waals surface area contributed by atoms with Crippen LogP contribution < -0.4 is 16.4 Å². The summed E-state index contributed by atoms with van der Waals surface area (Å²) in [5, 5.41) is 8.65. The Bertz CT molecular complexity index is 944. The van der Waals surface area contributed by atoms with Crippen LogP contribution in [0.15, 0.2) is 46.4 Å². The van der Waals surface area contributed by atoms with E-state index in [4.69, 9.17) is 11.6 Å². The molecular weight excluding hydrogens is 306 g/mol. The quantitative estimate of drug-likeness (QED) is 0.691. The largest absolute Gasteiger partial charge is 0.285 e. The van der Waals surface area contributed by atoms with Gasteiger partial charge in [-0.25, -0.2) is 10.1 Å². The van der Waals surface area contributed by atoms with Crippen LogP contribution in [0.2, 0.25) is 0 Å². The summed E-state index contributed by atoms with van der Waals surface area (Å²) in [5.74, 6) is 0.872. The van der Waals surface area contributed by atoms with E-state index in [0.29, 0.717) is 16.9 Å². The van der Waals surface area contributed by atoms with E-state index in [-0.39, 0.29) is 17.4 Å². The van der Waals surface area contributed by atoms with Gasteiger partial charge in [-0.3, -0.25) is 10.2 Å². The smallest absolute Gasteiger partial charge is 0.273 e. The Morgan fingerprint density at radius 2 is 2.05 bits per heavy atom. The number of nitrogens with one attached hydrogen (secondary N) is 2. The topological polar surface area (TPSA) is 89.1 Å². The molecule has 2 N–H and O–H groups in total. The summed E-state index contributed by atoms with van der Waals surface area (Å²) < 4.78 is 2.88. The van der Waals surface area contributed by atoms with Gasteiger partial charge in [0.25, 0.3) is 5.56 Å². The summed E-state index contributed by atoms with van der Waals surface area (Å²) in [6.07, 6.45) is 1.50. The summed E-state index contributed by atoms with van der Waals surface area (Å²) >= 11 is 5.72. The molecule has 0 saturated carbocycles. The number of aromatic nitrogens is 4. The number of halogens is 1. The van der Waals surface area contributed by atoms with Crippen LogP contribution in [-0.2, 0) is 0 Å². The van der Waals surface area contributed by atoms with Crippen molar-refractivity contribution in [2.45, 2.75) is 0 Å². The molecule has 1 aliphatic rings. The highest BCUT2D eigenvalue weighted by atomic mass is 35.5. The first-order valence-electron chi connectivity index (χ1n) is 6.49. The normalized spacial score (nSPS) is 13.2. The van der Waals surface area contributed by atoms with E-state index in [9.17, 15) is 4.79 Å². The van der Waals surface area contributed by atoms with Crippen molar-refractivity contribution in [3.8, 4) is 5.69 Å². The average molecular weight is 316 g/mol. The Kier molecular flexibility index (Phi) is 2.83. The van der Waals surface area contributed by atoms with Gasteiger partial charge < -0.3 is 0 Å². The van der Waals surface area contributed by atoms with E-state index in [2.05, 4.69) is 26.0 Å². The van der Waals surface area contributed by atoms with E-state index >= 15 is 0 Å². The Hall–Kier alpha value is -2.87. The number of nitrogens with zero attached hydrogens (tertiary/aromatic N) is 5. The van der Waals surface area contributed by atoms with E-state index in [1.807, 2.05) is 30.3 Å². The van der Waals surface area contributed by atoms with Gasteiger partial charge in [0, 0.05) is 0 Å². The number of hydrazone groups is 1. The molecule has 110 valence electrons. The van der Waals surface area contributed by atoms with E-state index in [0.717, 1.165) is 5.69 Å². The van der Waals surface area contributed by atoms with E-state index in [1.165, 1.54) is 10.9 Å². The predicted octanol–water partition coefficient (Wildman–Crippen LogP) is 1.10. The van der Waals surface area contributed by atoms with Crippen molar-refractivity contribution in [1.82, 2.24) is 19.4 Å². The minimum Gasteiger partial charge on any atom is -0.273 e. The minimum absolute atomic E-state index is 0.153. The fourth-order valence-electron chi connectivity index (χ4n) is 2.24. The van der Waals surface area contributed by atoms with Gasteiger partial charge in [0.2, 0.25) is 5.95 Å². The van der Waals surface area contributed by atoms with Crippen molar-refractivity contribution in [3.05, 3.63) is 46.9 Å². The molecule has 0 radical (unpaired) electrons. The second kappa shape index (κ2) is 4.85. The maximum Gasteiger partial charge on any atom is 0.285 e. The molecule has 2 aromatic heterocycles. The summed E-state index contributed by atoms with van der Waals surface area (Å²) in [6.45, 7) is 0. The minimum atomic E-state index is -0.271. The Morgan fingerprint density at radius 3 is 2.82 bits per heavy atom. The maximum absolute atomic E-state index is 12.5. The molecule has 0 fully saturated rings. The SMILES string of the molecule is O=c1c2cnn(-c3ccccc3)c2nc2n1NC(CCl)=NN2. The number of benzene rings is 1. The summed E-state index contributed by atoms with van der Waals surface area (Å²) in [4.78, 5) is 17.0. The van der Waals surface area contributed by atoms with Crippen LogP contribution >= 0.6 is 11.6 Å². The Balaban J connectivity index is 1.94. The Labute approximate surface area is 129 Å². The van der Waals surface area contributed by atoms with Gasteiger partial charge in [-0.05, 0) is 12.1 Å². The Morgan fingerprint density at radius 1 is 1.23 bits per heavy atom. The molecule has 9 heteroatoms. The van der Waals surface area contributed by atoms with Crippen LogP contribution in [0.3, 0.4) is 0 Å². The molecule has 22 heavy (non-hydrogen) atoms. The van der Waals surface area contributed by atoms with Crippen molar-refractivity contribution in [2.24, 2.45) is 5.10 Å². The number of hydrogen-bond donors (Lipinski definition) is 2. The molecule has 0 atom stereocenters. The summed E-state index contributed by atoms with van der Waals surface area (Å²) in [7, 11) is 0. The fraction of sp³-hybridized carbons (Fsp3) is 0.0769. The highest BCUT2D eigenvalue weighted by Gasteiger charge is 2.19. The second-order valence-electron chi connectivity index (χ2n) is 4.62. The van der Waals surface area contributed by atoms with E-state index < -0.39 is 0 Å². The number of para-hydroxylation sites is 1. The van der Waals surface area contributed by atoms with Gasteiger partial charge in [0.1, 0.15) is 5.39 Å². The maximum atomic E-state index is 12.5. The van der Waals surface area contributed by atoms with Crippen LogP contribution in [-0.4, -0.2) is 31.2 Å². The number of hydrogen-bond acceptors (Lipinski definition) is 6. The number of fused-ring (bicyclic) bond motifs is 2. The first kappa shape index (κ1) is 12.8. The molecule has 0 aliphatic carbocycles. The van der Waals surface area contributed by atoms with Crippen molar-refractivity contribution in [2.75, 3.05) is 16.7 Å². The predicted molar refractivity (Wildman–Crippen MR) is 84.3 cm³/mol. The number of rotatable bonds is 2. The zero-order chi connectivity index (χ0) is 15.1. The highest BCUT2D eigenvalue weighted by molar-refractivity contribution is 6.29.